The molecule has 0 bridgehead atoms. The minimum atomic E-state index is -0.0579. The van der Waals surface area contributed by atoms with E-state index < -0.39 is 0 Å². The maximum Gasteiger partial charge on any atom is 0.235 e. The van der Waals surface area contributed by atoms with Gasteiger partial charge in [-0.05, 0) is 23.8 Å². The average molecular weight is 342 g/mol. The minimum Gasteiger partial charge on any atom is -0.324 e. The number of rotatable bonds is 3. The lowest BCUT2D eigenvalue weighted by Gasteiger charge is -2.29. The molecule has 2 aromatic carbocycles. The van der Waals surface area contributed by atoms with Gasteiger partial charge in [0.05, 0.1) is 10.7 Å². The number of benzene rings is 2. The molecule has 24 heavy (non-hydrogen) atoms. The Balaban J connectivity index is 1.90. The van der Waals surface area contributed by atoms with Gasteiger partial charge in [-0.2, -0.15) is 0 Å². The monoisotopic (exact) mass is 341 g/mol. The van der Waals surface area contributed by atoms with Crippen molar-refractivity contribution in [2.75, 3.05) is 12.4 Å². The molecule has 1 heterocycles. The van der Waals surface area contributed by atoms with Gasteiger partial charge in [0.25, 0.3) is 0 Å². The molecule has 124 valence electrons. The van der Waals surface area contributed by atoms with E-state index in [4.69, 9.17) is 11.6 Å². The van der Waals surface area contributed by atoms with Crippen LogP contribution < -0.4 is 5.32 Å². The summed E-state index contributed by atoms with van der Waals surface area (Å²) in [4.78, 5) is 12.6. The van der Waals surface area contributed by atoms with Crippen LogP contribution in [0.4, 0.5) is 5.69 Å². The second-order valence-corrected chi connectivity index (χ2v) is 7.26. The van der Waals surface area contributed by atoms with E-state index in [2.05, 4.69) is 49.0 Å². The van der Waals surface area contributed by atoms with Gasteiger partial charge < -0.3 is 5.32 Å². The van der Waals surface area contributed by atoms with Gasteiger partial charge in [-0.15, -0.1) is 0 Å². The smallest absolute Gasteiger partial charge is 0.235 e. The molecule has 0 unspecified atom stereocenters. The molecule has 0 spiro atoms. The van der Waals surface area contributed by atoms with Crippen LogP contribution in [0.5, 0.6) is 0 Å². The van der Waals surface area contributed by atoms with Gasteiger partial charge in [-0.25, -0.2) is 4.58 Å². The molecule has 0 atom stereocenters. The van der Waals surface area contributed by atoms with Crippen molar-refractivity contribution in [3.63, 3.8) is 0 Å². The van der Waals surface area contributed by atoms with Crippen LogP contribution in [-0.4, -0.2) is 28.8 Å². The van der Waals surface area contributed by atoms with Gasteiger partial charge in [0, 0.05) is 25.8 Å². The van der Waals surface area contributed by atoms with Crippen LogP contribution in [0, 0.1) is 0 Å². The SMILES string of the molecule is C[N+]1=C(CC(=O)Nc2ccccc2Cl)c2ccccc2CC1(C)C. The first-order valence-electron chi connectivity index (χ1n) is 8.11. The maximum atomic E-state index is 12.6. The summed E-state index contributed by atoms with van der Waals surface area (Å²) in [5.41, 5.74) is 4.13. The molecule has 4 heteroatoms. The van der Waals surface area contributed by atoms with Crippen molar-refractivity contribution >= 4 is 28.9 Å². The van der Waals surface area contributed by atoms with Crippen LogP contribution >= 0.6 is 11.6 Å². The summed E-state index contributed by atoms with van der Waals surface area (Å²) >= 11 is 6.13. The Kier molecular flexibility index (Phi) is 4.46. The van der Waals surface area contributed by atoms with Crippen molar-refractivity contribution in [3.05, 3.63) is 64.7 Å². The van der Waals surface area contributed by atoms with Gasteiger partial charge in [0.15, 0.2) is 11.3 Å². The molecule has 2 aromatic rings. The number of hydrogen-bond donors (Lipinski definition) is 1. The number of nitrogens with zero attached hydrogens (tertiary/aromatic N) is 1. The van der Waals surface area contributed by atoms with Crippen molar-refractivity contribution < 1.29 is 9.37 Å². The molecular formula is C20H22ClN2O+. The molecule has 0 aromatic heterocycles. The van der Waals surface area contributed by atoms with Crippen LogP contribution in [0.15, 0.2) is 48.5 Å². The third-order valence-corrected chi connectivity index (χ3v) is 5.07. The van der Waals surface area contributed by atoms with E-state index >= 15 is 0 Å². The Labute approximate surface area is 148 Å². The highest BCUT2D eigenvalue weighted by Gasteiger charge is 2.38. The Hall–Kier alpha value is -2.13. The predicted molar refractivity (Wildman–Crippen MR) is 99.2 cm³/mol. The first-order valence-corrected chi connectivity index (χ1v) is 8.48. The second-order valence-electron chi connectivity index (χ2n) is 6.86. The number of fused-ring (bicyclic) bond motifs is 1. The zero-order valence-electron chi connectivity index (χ0n) is 14.3. The summed E-state index contributed by atoms with van der Waals surface area (Å²) in [5, 5.41) is 3.47. The highest BCUT2D eigenvalue weighted by Crippen LogP contribution is 2.27. The van der Waals surface area contributed by atoms with Crippen LogP contribution in [-0.2, 0) is 11.2 Å². The van der Waals surface area contributed by atoms with E-state index in [9.17, 15) is 4.79 Å². The summed E-state index contributed by atoms with van der Waals surface area (Å²) < 4.78 is 2.22. The molecule has 0 aliphatic carbocycles. The molecule has 3 rings (SSSR count). The van der Waals surface area contributed by atoms with Crippen molar-refractivity contribution in [1.82, 2.24) is 0 Å². The maximum absolute atomic E-state index is 12.6. The Morgan fingerprint density at radius 2 is 1.83 bits per heavy atom. The molecule has 0 radical (unpaired) electrons. The first-order chi connectivity index (χ1) is 11.4. The van der Waals surface area contributed by atoms with Crippen molar-refractivity contribution in [2.24, 2.45) is 0 Å². The van der Waals surface area contributed by atoms with Crippen molar-refractivity contribution in [1.29, 1.82) is 0 Å². The number of nitrogens with one attached hydrogen (secondary N) is 1. The number of likely N-dealkylation sites (N-methyl/N-ethyl adjacent to an activating group) is 1. The van der Waals surface area contributed by atoms with Gasteiger partial charge in [0.1, 0.15) is 13.5 Å². The number of anilines is 1. The highest BCUT2D eigenvalue weighted by atomic mass is 35.5. The lowest BCUT2D eigenvalue weighted by molar-refractivity contribution is -0.577. The number of amides is 1. The fraction of sp³-hybridized carbons (Fsp3) is 0.300. The van der Waals surface area contributed by atoms with E-state index in [1.165, 1.54) is 5.56 Å². The van der Waals surface area contributed by atoms with Crippen LogP contribution in [0.3, 0.4) is 0 Å². The van der Waals surface area contributed by atoms with E-state index in [0.29, 0.717) is 17.1 Å². The standard InChI is InChI=1S/C20H21ClN2O/c1-20(2)13-14-8-4-5-9-15(14)18(23(20)3)12-19(24)22-17-11-7-6-10-16(17)21/h4-11H,12-13H2,1-3H3/p+1. The van der Waals surface area contributed by atoms with E-state index in [0.717, 1.165) is 17.7 Å². The highest BCUT2D eigenvalue weighted by molar-refractivity contribution is 6.33. The molecular weight excluding hydrogens is 320 g/mol. The normalized spacial score (nSPS) is 15.8. The van der Waals surface area contributed by atoms with E-state index in [1.54, 1.807) is 6.07 Å². The zero-order valence-corrected chi connectivity index (χ0v) is 15.0. The lowest BCUT2D eigenvalue weighted by atomic mass is 9.84. The first kappa shape index (κ1) is 16.7. The van der Waals surface area contributed by atoms with Crippen LogP contribution in [0.1, 0.15) is 31.4 Å². The van der Waals surface area contributed by atoms with E-state index in [1.807, 2.05) is 24.3 Å². The summed E-state index contributed by atoms with van der Waals surface area (Å²) in [7, 11) is 2.06. The zero-order chi connectivity index (χ0) is 17.3. The summed E-state index contributed by atoms with van der Waals surface area (Å²) in [6, 6.07) is 15.6. The minimum absolute atomic E-state index is 0.0195. The van der Waals surface area contributed by atoms with Crippen molar-refractivity contribution in [3.8, 4) is 0 Å². The predicted octanol–water partition coefficient (Wildman–Crippen LogP) is 4.13. The molecule has 0 saturated carbocycles. The van der Waals surface area contributed by atoms with Gasteiger partial charge in [0.2, 0.25) is 5.91 Å². The number of carbonyl (C=O) groups is 1. The molecule has 3 nitrogen and oxygen atoms in total. The van der Waals surface area contributed by atoms with Crippen LogP contribution in [0.2, 0.25) is 5.02 Å². The molecule has 1 N–H and O–H groups in total. The number of para-hydroxylation sites is 1. The third kappa shape index (κ3) is 3.22. The van der Waals surface area contributed by atoms with Crippen LogP contribution in [0.25, 0.3) is 0 Å². The Bertz CT molecular complexity index is 824. The molecule has 0 fully saturated rings. The summed E-state index contributed by atoms with van der Waals surface area (Å²) in [6.07, 6.45) is 1.29. The van der Waals surface area contributed by atoms with Gasteiger partial charge >= 0.3 is 0 Å². The van der Waals surface area contributed by atoms with E-state index in [-0.39, 0.29) is 11.4 Å². The second kappa shape index (κ2) is 6.40. The Morgan fingerprint density at radius 1 is 1.17 bits per heavy atom. The average Bonchev–Trinajstić information content (AvgIpc) is 2.54. The lowest BCUT2D eigenvalue weighted by Crippen LogP contribution is -2.45. The molecule has 1 aliphatic heterocycles. The summed E-state index contributed by atoms with van der Waals surface area (Å²) in [6.45, 7) is 4.41. The largest absolute Gasteiger partial charge is 0.324 e. The molecule has 1 aliphatic rings. The number of carbonyl (C=O) groups excluding carboxylic acids is 1. The topological polar surface area (TPSA) is 32.1 Å². The molecule has 1 amide bonds. The van der Waals surface area contributed by atoms with Gasteiger partial charge in [-0.3, -0.25) is 4.79 Å². The number of hydrogen-bond acceptors (Lipinski definition) is 1. The quantitative estimate of drug-likeness (QED) is 0.836. The van der Waals surface area contributed by atoms with Crippen molar-refractivity contribution in [2.45, 2.75) is 32.2 Å². The van der Waals surface area contributed by atoms with Gasteiger partial charge in [-0.1, -0.05) is 41.9 Å². The number of halogens is 1. The third-order valence-electron chi connectivity index (χ3n) is 4.74. The Morgan fingerprint density at radius 3 is 2.58 bits per heavy atom. The molecule has 0 saturated heterocycles. The summed E-state index contributed by atoms with van der Waals surface area (Å²) in [5.74, 6) is -0.0579. The fourth-order valence-corrected chi connectivity index (χ4v) is 3.39. The fourth-order valence-electron chi connectivity index (χ4n) is 3.21.